The molecule has 6 rings (SSSR count). The van der Waals surface area contributed by atoms with Crippen molar-refractivity contribution in [3.8, 4) is 10.6 Å². The van der Waals surface area contributed by atoms with Crippen molar-refractivity contribution in [1.29, 1.82) is 0 Å². The fourth-order valence-corrected chi connectivity index (χ4v) is 5.17. The molecule has 0 N–H and O–H groups in total. The Morgan fingerprint density at radius 2 is 1.91 bits per heavy atom. The van der Waals surface area contributed by atoms with Gasteiger partial charge in [-0.15, -0.1) is 11.3 Å². The highest BCUT2D eigenvalue weighted by molar-refractivity contribution is 7.13. The van der Waals surface area contributed by atoms with Gasteiger partial charge in [-0.05, 0) is 58.7 Å². The Bertz CT molecular complexity index is 1170. The minimum absolute atomic E-state index is 0.107. The molecule has 0 spiro atoms. The van der Waals surface area contributed by atoms with Gasteiger partial charge >= 0.3 is 6.09 Å². The number of carbonyl (C=O) groups excluding carboxylic acids is 1. The molecule has 9 heteroatoms. The van der Waals surface area contributed by atoms with E-state index < -0.39 is 11.2 Å². The van der Waals surface area contributed by atoms with Gasteiger partial charge in [-0.2, -0.15) is 4.98 Å². The lowest BCUT2D eigenvalue weighted by Crippen LogP contribution is -2.70. The van der Waals surface area contributed by atoms with Crippen LogP contribution in [0, 0.1) is 0 Å². The summed E-state index contributed by atoms with van der Waals surface area (Å²) in [4.78, 5) is 25.9. The predicted molar refractivity (Wildman–Crippen MR) is 128 cm³/mol. The molecule has 3 saturated heterocycles. The Balaban J connectivity index is 1.45. The van der Waals surface area contributed by atoms with Crippen LogP contribution in [0.1, 0.15) is 46.6 Å². The van der Waals surface area contributed by atoms with E-state index in [-0.39, 0.29) is 18.2 Å². The van der Waals surface area contributed by atoms with Gasteiger partial charge in [0.1, 0.15) is 16.1 Å². The van der Waals surface area contributed by atoms with Gasteiger partial charge in [0.15, 0.2) is 5.58 Å². The Kier molecular flexibility index (Phi) is 5.17. The second kappa shape index (κ2) is 7.70. The van der Waals surface area contributed by atoms with Gasteiger partial charge in [-0.1, -0.05) is 0 Å². The highest BCUT2D eigenvalue weighted by Gasteiger charge is 2.49. The summed E-state index contributed by atoms with van der Waals surface area (Å²) in [5.41, 5.74) is 2.46. The maximum absolute atomic E-state index is 12.6. The molecular weight excluding hydrogens is 440 g/mol. The number of thiazole rings is 1. The van der Waals surface area contributed by atoms with E-state index in [1.165, 1.54) is 0 Å². The largest absolute Gasteiger partial charge is 0.444 e. The minimum Gasteiger partial charge on any atom is -0.444 e. The predicted octanol–water partition coefficient (Wildman–Crippen LogP) is 5.03. The van der Waals surface area contributed by atoms with Gasteiger partial charge in [0.25, 0.3) is 6.01 Å². The van der Waals surface area contributed by atoms with E-state index in [4.69, 9.17) is 18.9 Å². The van der Waals surface area contributed by atoms with E-state index in [2.05, 4.69) is 16.0 Å². The number of anilines is 1. The van der Waals surface area contributed by atoms with Gasteiger partial charge in [0, 0.05) is 31.8 Å². The molecule has 3 aliphatic rings. The van der Waals surface area contributed by atoms with Crippen molar-refractivity contribution >= 4 is 34.5 Å². The van der Waals surface area contributed by atoms with Crippen molar-refractivity contribution < 1.29 is 18.7 Å². The number of oxazole rings is 1. The van der Waals surface area contributed by atoms with Crippen molar-refractivity contribution in [3.05, 3.63) is 29.3 Å². The number of hydrogen-bond acceptors (Lipinski definition) is 8. The first-order chi connectivity index (χ1) is 15.6. The molecule has 1 amide bonds. The van der Waals surface area contributed by atoms with Crippen molar-refractivity contribution in [2.45, 2.75) is 64.3 Å². The summed E-state index contributed by atoms with van der Waals surface area (Å²) in [6.07, 6.45) is 2.53. The lowest BCUT2D eigenvalue weighted by Gasteiger charge is -2.55. The first kappa shape index (κ1) is 22.2. The molecule has 176 valence electrons. The van der Waals surface area contributed by atoms with Crippen molar-refractivity contribution in [1.82, 2.24) is 14.9 Å². The van der Waals surface area contributed by atoms with Crippen LogP contribution in [0.15, 0.2) is 28.1 Å². The van der Waals surface area contributed by atoms with E-state index in [1.807, 2.05) is 51.0 Å². The zero-order valence-electron chi connectivity index (χ0n) is 19.9. The third-order valence-corrected chi connectivity index (χ3v) is 7.22. The van der Waals surface area contributed by atoms with Gasteiger partial charge in [-0.3, -0.25) is 4.90 Å². The molecule has 5 heterocycles. The van der Waals surface area contributed by atoms with E-state index in [0.717, 1.165) is 33.7 Å². The summed E-state index contributed by atoms with van der Waals surface area (Å²) in [5.74, 6) is 0. The SMILES string of the molecule is COC(C)(C)c1cc(-c2nccs2)c2oc(N3CC4CC(C3)N4C(=O)OC(C)(C)C)nc2c1. The quantitative estimate of drug-likeness (QED) is 0.529. The van der Waals surface area contributed by atoms with E-state index in [9.17, 15) is 4.79 Å². The summed E-state index contributed by atoms with van der Waals surface area (Å²) >= 11 is 1.57. The number of ether oxygens (including phenoxy) is 2. The molecule has 2 bridgehead atoms. The minimum atomic E-state index is -0.499. The molecule has 0 aliphatic carbocycles. The molecule has 2 atom stereocenters. The number of hydrogen-bond donors (Lipinski definition) is 0. The number of benzene rings is 1. The van der Waals surface area contributed by atoms with Crippen LogP contribution in [0.5, 0.6) is 0 Å². The number of rotatable bonds is 4. The van der Waals surface area contributed by atoms with Gasteiger partial charge in [0.05, 0.1) is 23.2 Å². The third-order valence-electron chi connectivity index (χ3n) is 6.42. The average Bonchev–Trinajstić information content (AvgIpc) is 3.41. The standard InChI is InChI=1S/C24H30N4O4S/c1-23(2,3)32-22(29)28-15-11-16(28)13-27(12-15)21-26-18-10-14(24(4,5)30-6)9-17(19(18)31-21)20-25-7-8-33-20/h7-10,15-16H,11-13H2,1-6H3. The summed E-state index contributed by atoms with van der Waals surface area (Å²) < 4.78 is 17.6. The molecule has 2 aromatic heterocycles. The topological polar surface area (TPSA) is 80.9 Å². The monoisotopic (exact) mass is 470 g/mol. The smallest absolute Gasteiger partial charge is 0.410 e. The Morgan fingerprint density at radius 3 is 2.52 bits per heavy atom. The molecule has 1 aromatic carbocycles. The van der Waals surface area contributed by atoms with Gasteiger partial charge < -0.3 is 18.8 Å². The van der Waals surface area contributed by atoms with Crippen LogP contribution in [-0.4, -0.2) is 58.8 Å². The maximum atomic E-state index is 12.6. The molecule has 33 heavy (non-hydrogen) atoms. The fourth-order valence-electron chi connectivity index (χ4n) is 4.52. The second-order valence-electron chi connectivity index (χ2n) is 10.3. The lowest BCUT2D eigenvalue weighted by molar-refractivity contribution is -0.0386. The van der Waals surface area contributed by atoms with Crippen LogP contribution in [0.4, 0.5) is 10.8 Å². The van der Waals surface area contributed by atoms with Crippen LogP contribution >= 0.6 is 11.3 Å². The number of piperidine rings is 1. The van der Waals surface area contributed by atoms with Crippen molar-refractivity contribution in [2.75, 3.05) is 25.1 Å². The number of aromatic nitrogens is 2. The highest BCUT2D eigenvalue weighted by Crippen LogP contribution is 2.40. The third kappa shape index (κ3) is 3.97. The lowest BCUT2D eigenvalue weighted by atomic mass is 9.88. The highest BCUT2D eigenvalue weighted by atomic mass is 32.1. The van der Waals surface area contributed by atoms with Crippen LogP contribution in [0.3, 0.4) is 0 Å². The molecule has 3 aromatic rings. The molecule has 2 unspecified atom stereocenters. The summed E-state index contributed by atoms with van der Waals surface area (Å²) in [6.45, 7) is 11.1. The van der Waals surface area contributed by atoms with Crippen molar-refractivity contribution in [2.24, 2.45) is 0 Å². The maximum Gasteiger partial charge on any atom is 0.410 e. The van der Waals surface area contributed by atoms with Crippen LogP contribution in [0.2, 0.25) is 0 Å². The molecule has 0 radical (unpaired) electrons. The van der Waals surface area contributed by atoms with Crippen LogP contribution in [0.25, 0.3) is 21.7 Å². The molecule has 3 fully saturated rings. The fraction of sp³-hybridized carbons (Fsp3) is 0.542. The zero-order chi connectivity index (χ0) is 23.5. The Morgan fingerprint density at radius 1 is 1.18 bits per heavy atom. The number of nitrogens with zero attached hydrogens (tertiary/aromatic N) is 4. The van der Waals surface area contributed by atoms with Crippen LogP contribution < -0.4 is 4.90 Å². The first-order valence-electron chi connectivity index (χ1n) is 11.2. The summed E-state index contributed by atoms with van der Waals surface area (Å²) in [6, 6.07) is 4.90. The second-order valence-corrected chi connectivity index (χ2v) is 11.2. The van der Waals surface area contributed by atoms with Crippen LogP contribution in [-0.2, 0) is 15.1 Å². The molecular formula is C24H30N4O4S. The molecule has 0 saturated carbocycles. The zero-order valence-corrected chi connectivity index (χ0v) is 20.7. The van der Waals surface area contributed by atoms with E-state index in [0.29, 0.717) is 19.1 Å². The number of amides is 1. The van der Waals surface area contributed by atoms with Crippen molar-refractivity contribution in [3.63, 3.8) is 0 Å². The Labute approximate surface area is 197 Å². The summed E-state index contributed by atoms with van der Waals surface area (Å²) in [5, 5.41) is 2.84. The number of piperazine rings is 1. The first-order valence-corrected chi connectivity index (χ1v) is 12.1. The van der Waals surface area contributed by atoms with E-state index >= 15 is 0 Å². The van der Waals surface area contributed by atoms with Gasteiger partial charge in [0.2, 0.25) is 0 Å². The number of methoxy groups -OCH3 is 1. The summed E-state index contributed by atoms with van der Waals surface area (Å²) in [7, 11) is 1.71. The van der Waals surface area contributed by atoms with Gasteiger partial charge in [-0.25, -0.2) is 9.78 Å². The normalized spacial score (nSPS) is 20.8. The average molecular weight is 471 g/mol. The molecule has 8 nitrogen and oxygen atoms in total. The molecule has 3 aliphatic heterocycles. The number of fused-ring (bicyclic) bond motifs is 3. The Hall–Kier alpha value is -2.65. The van der Waals surface area contributed by atoms with E-state index in [1.54, 1.807) is 24.6 Å². The number of carbonyl (C=O) groups is 1.